The largest absolute Gasteiger partial charge is 0.294 e. The SMILES string of the molecule is c1ccc(-c2cc(-c3ccccc3)nc(-n3c4ccccc4c4cccc(-c5ccc6c7cccnc7n(-c7ccccc7)c6c5)c43)n2)cc1. The summed E-state index contributed by atoms with van der Waals surface area (Å²) in [7, 11) is 0. The van der Waals surface area contributed by atoms with Crippen LogP contribution in [0.3, 0.4) is 0 Å². The predicted octanol–water partition coefficient (Wildman–Crippen LogP) is 11.1. The zero-order valence-corrected chi connectivity index (χ0v) is 27.0. The molecule has 6 aromatic carbocycles. The number of hydrogen-bond donors (Lipinski definition) is 0. The molecule has 5 heteroatoms. The quantitative estimate of drug-likeness (QED) is 0.188. The number of rotatable bonds is 5. The van der Waals surface area contributed by atoms with Gasteiger partial charge in [-0.3, -0.25) is 9.13 Å². The van der Waals surface area contributed by atoms with E-state index in [-0.39, 0.29) is 0 Å². The molecular weight excluding hydrogens is 611 g/mol. The van der Waals surface area contributed by atoms with Crippen molar-refractivity contribution < 1.29 is 0 Å². The van der Waals surface area contributed by atoms with Gasteiger partial charge in [0.05, 0.1) is 27.9 Å². The Labute approximate surface area is 288 Å². The maximum atomic E-state index is 5.28. The van der Waals surface area contributed by atoms with Crippen LogP contribution in [0.25, 0.3) is 89.0 Å². The number of hydrogen-bond acceptors (Lipinski definition) is 3. The van der Waals surface area contributed by atoms with Gasteiger partial charge in [-0.15, -0.1) is 0 Å². The molecule has 0 radical (unpaired) electrons. The summed E-state index contributed by atoms with van der Waals surface area (Å²) < 4.78 is 4.51. The summed E-state index contributed by atoms with van der Waals surface area (Å²) in [6.45, 7) is 0. The molecular formula is C45H29N5. The van der Waals surface area contributed by atoms with Crippen molar-refractivity contribution in [3.8, 4) is 45.3 Å². The number of para-hydroxylation sites is 3. The van der Waals surface area contributed by atoms with Crippen molar-refractivity contribution in [1.82, 2.24) is 24.1 Å². The zero-order valence-electron chi connectivity index (χ0n) is 27.0. The van der Waals surface area contributed by atoms with E-state index in [1.54, 1.807) is 0 Å². The second-order valence-corrected chi connectivity index (χ2v) is 12.5. The predicted molar refractivity (Wildman–Crippen MR) is 205 cm³/mol. The summed E-state index contributed by atoms with van der Waals surface area (Å²) in [5.41, 5.74) is 11.3. The fourth-order valence-electron chi connectivity index (χ4n) is 7.36. The van der Waals surface area contributed by atoms with Gasteiger partial charge in [-0.2, -0.15) is 0 Å². The molecule has 0 fully saturated rings. The molecule has 5 nitrogen and oxygen atoms in total. The van der Waals surface area contributed by atoms with Crippen LogP contribution < -0.4 is 0 Å². The Morgan fingerprint density at radius 1 is 0.400 bits per heavy atom. The first-order valence-corrected chi connectivity index (χ1v) is 16.8. The molecule has 4 heterocycles. The first kappa shape index (κ1) is 28.2. The summed E-state index contributed by atoms with van der Waals surface area (Å²) >= 11 is 0. The van der Waals surface area contributed by atoms with Crippen LogP contribution in [-0.4, -0.2) is 24.1 Å². The fourth-order valence-corrected chi connectivity index (χ4v) is 7.36. The van der Waals surface area contributed by atoms with Gasteiger partial charge < -0.3 is 0 Å². The lowest BCUT2D eigenvalue weighted by atomic mass is 10.0. The Morgan fingerprint density at radius 3 is 1.76 bits per heavy atom. The van der Waals surface area contributed by atoms with E-state index >= 15 is 0 Å². The first-order chi connectivity index (χ1) is 24.8. The van der Waals surface area contributed by atoms with Gasteiger partial charge in [-0.25, -0.2) is 15.0 Å². The van der Waals surface area contributed by atoms with Crippen LogP contribution in [0.15, 0.2) is 176 Å². The number of aromatic nitrogens is 5. The highest BCUT2D eigenvalue weighted by Crippen LogP contribution is 2.40. The second-order valence-electron chi connectivity index (χ2n) is 12.5. The first-order valence-electron chi connectivity index (χ1n) is 16.8. The summed E-state index contributed by atoms with van der Waals surface area (Å²) in [4.78, 5) is 15.4. The van der Waals surface area contributed by atoms with E-state index in [1.807, 2.05) is 30.5 Å². The van der Waals surface area contributed by atoms with Crippen molar-refractivity contribution >= 4 is 43.7 Å². The summed E-state index contributed by atoms with van der Waals surface area (Å²) in [5.74, 6) is 0.632. The van der Waals surface area contributed by atoms with Crippen LogP contribution >= 0.6 is 0 Å². The number of pyridine rings is 1. The smallest absolute Gasteiger partial charge is 0.235 e. The molecule has 0 bridgehead atoms. The molecule has 0 spiro atoms. The summed E-state index contributed by atoms with van der Waals surface area (Å²) in [6.07, 6.45) is 1.87. The van der Waals surface area contributed by atoms with Gasteiger partial charge in [0.25, 0.3) is 0 Å². The van der Waals surface area contributed by atoms with Gasteiger partial charge >= 0.3 is 0 Å². The van der Waals surface area contributed by atoms with Crippen LogP contribution in [0, 0.1) is 0 Å². The Balaban J connectivity index is 1.28. The lowest BCUT2D eigenvalue weighted by molar-refractivity contribution is 0.996. The Morgan fingerprint density at radius 2 is 1.02 bits per heavy atom. The molecule has 0 saturated heterocycles. The molecule has 0 atom stereocenters. The molecule has 0 aliphatic heterocycles. The second kappa shape index (κ2) is 11.4. The minimum atomic E-state index is 0.632. The molecule has 50 heavy (non-hydrogen) atoms. The number of nitrogens with zero attached hydrogens (tertiary/aromatic N) is 5. The average molecular weight is 640 g/mol. The zero-order chi connectivity index (χ0) is 33.0. The molecule has 0 unspecified atom stereocenters. The molecule has 0 aliphatic carbocycles. The Hall–Kier alpha value is -6.85. The van der Waals surface area contributed by atoms with Crippen LogP contribution in [0.1, 0.15) is 0 Å². The van der Waals surface area contributed by atoms with Crippen LogP contribution in [0.4, 0.5) is 0 Å². The van der Waals surface area contributed by atoms with Gasteiger partial charge in [0.2, 0.25) is 5.95 Å². The molecule has 0 amide bonds. The maximum Gasteiger partial charge on any atom is 0.235 e. The third-order valence-corrected chi connectivity index (χ3v) is 9.60. The highest BCUT2D eigenvalue weighted by molar-refractivity contribution is 6.15. The topological polar surface area (TPSA) is 48.5 Å². The molecule has 0 N–H and O–H groups in total. The summed E-state index contributed by atoms with van der Waals surface area (Å²) in [5, 5.41) is 4.60. The third-order valence-electron chi connectivity index (χ3n) is 9.60. The molecule has 234 valence electrons. The molecule has 4 aromatic heterocycles. The summed E-state index contributed by atoms with van der Waals surface area (Å²) in [6, 6.07) is 59.4. The van der Waals surface area contributed by atoms with E-state index in [0.717, 1.165) is 77.7 Å². The van der Waals surface area contributed by atoms with Gasteiger partial charge in [-0.1, -0.05) is 127 Å². The number of benzene rings is 6. The van der Waals surface area contributed by atoms with E-state index < -0.39 is 0 Å². The van der Waals surface area contributed by atoms with Crippen LogP contribution in [0.5, 0.6) is 0 Å². The van der Waals surface area contributed by atoms with Crippen molar-refractivity contribution in [1.29, 1.82) is 0 Å². The fraction of sp³-hybridized carbons (Fsp3) is 0. The highest BCUT2D eigenvalue weighted by atomic mass is 15.2. The van der Waals surface area contributed by atoms with Crippen molar-refractivity contribution in [2.45, 2.75) is 0 Å². The minimum absolute atomic E-state index is 0.632. The Bertz CT molecular complexity index is 2800. The van der Waals surface area contributed by atoms with Gasteiger partial charge in [0.15, 0.2) is 0 Å². The molecule has 10 aromatic rings. The average Bonchev–Trinajstić information content (AvgIpc) is 3.71. The van der Waals surface area contributed by atoms with E-state index in [2.05, 4.69) is 155 Å². The monoisotopic (exact) mass is 639 g/mol. The van der Waals surface area contributed by atoms with Crippen molar-refractivity contribution in [3.05, 3.63) is 176 Å². The van der Waals surface area contributed by atoms with Gasteiger partial charge in [0, 0.05) is 50.1 Å². The molecule has 0 saturated carbocycles. The lowest BCUT2D eigenvalue weighted by Gasteiger charge is -2.14. The van der Waals surface area contributed by atoms with E-state index in [9.17, 15) is 0 Å². The van der Waals surface area contributed by atoms with Crippen molar-refractivity contribution in [2.75, 3.05) is 0 Å². The van der Waals surface area contributed by atoms with E-state index in [4.69, 9.17) is 15.0 Å². The number of fused-ring (bicyclic) bond motifs is 6. The van der Waals surface area contributed by atoms with Crippen molar-refractivity contribution in [2.24, 2.45) is 0 Å². The highest BCUT2D eigenvalue weighted by Gasteiger charge is 2.21. The molecule has 0 aliphatic rings. The normalized spacial score (nSPS) is 11.6. The maximum absolute atomic E-state index is 5.28. The Kier molecular flexibility index (Phi) is 6.42. The van der Waals surface area contributed by atoms with Crippen molar-refractivity contribution in [3.63, 3.8) is 0 Å². The van der Waals surface area contributed by atoms with E-state index in [0.29, 0.717) is 5.95 Å². The minimum Gasteiger partial charge on any atom is -0.294 e. The van der Waals surface area contributed by atoms with Gasteiger partial charge in [-0.05, 0) is 48.0 Å². The van der Waals surface area contributed by atoms with Crippen LogP contribution in [-0.2, 0) is 0 Å². The van der Waals surface area contributed by atoms with E-state index in [1.165, 1.54) is 5.39 Å². The van der Waals surface area contributed by atoms with Crippen LogP contribution in [0.2, 0.25) is 0 Å². The standard InChI is InChI=1S/C45H29N5/c1-4-14-30(15-5-1)39-29-40(31-16-6-2-7-17-31)48-45(47-39)50-41-24-11-10-20-35(41)37-22-12-21-34(43(37)50)32-25-26-36-38-23-13-27-46-44(38)49(42(36)28-32)33-18-8-3-9-19-33/h1-29H. The van der Waals surface area contributed by atoms with Gasteiger partial charge in [0.1, 0.15) is 5.65 Å². The molecule has 10 rings (SSSR count). The third kappa shape index (κ3) is 4.45. The lowest BCUT2D eigenvalue weighted by Crippen LogP contribution is -2.04.